The fourth-order valence-electron chi connectivity index (χ4n) is 4.05. The van der Waals surface area contributed by atoms with E-state index >= 15 is 0 Å². The van der Waals surface area contributed by atoms with Gasteiger partial charge in [-0.2, -0.15) is 0 Å². The number of ether oxygens (including phenoxy) is 1. The van der Waals surface area contributed by atoms with Crippen molar-refractivity contribution in [3.8, 4) is 0 Å². The maximum atomic E-state index is 13.2. The molecular weight excluding hydrogens is 356 g/mol. The van der Waals surface area contributed by atoms with E-state index in [2.05, 4.69) is 15.2 Å². The van der Waals surface area contributed by atoms with Crippen LogP contribution < -0.4 is 15.8 Å². The lowest BCUT2D eigenvalue weighted by molar-refractivity contribution is -0.121. The van der Waals surface area contributed by atoms with Crippen LogP contribution in [0.5, 0.6) is 0 Å². The van der Waals surface area contributed by atoms with E-state index in [0.29, 0.717) is 18.9 Å². The maximum absolute atomic E-state index is 13.2. The zero-order chi connectivity index (χ0) is 19.3. The molecule has 4 rings (SSSR count). The Bertz CT molecular complexity index is 883. The molecule has 3 heterocycles. The molecule has 0 bridgehead atoms. The number of amides is 1. The molecule has 0 aliphatic carbocycles. The van der Waals surface area contributed by atoms with Crippen molar-refractivity contribution in [1.29, 1.82) is 0 Å². The minimum Gasteiger partial charge on any atom is -0.376 e. The van der Waals surface area contributed by atoms with Gasteiger partial charge in [-0.15, -0.1) is 0 Å². The predicted molar refractivity (Wildman–Crippen MR) is 109 cm³/mol. The molecule has 7 heteroatoms. The zero-order valence-electron chi connectivity index (χ0n) is 16.2. The molecule has 1 unspecified atom stereocenters. The number of benzene rings is 1. The number of nitrogens with one attached hydrogen (secondary N) is 1. The van der Waals surface area contributed by atoms with Gasteiger partial charge in [0.1, 0.15) is 0 Å². The third kappa shape index (κ3) is 4.19. The summed E-state index contributed by atoms with van der Waals surface area (Å²) >= 11 is 0. The smallest absolute Gasteiger partial charge is 0.294 e. The Kier molecular flexibility index (Phi) is 5.90. The third-order valence-corrected chi connectivity index (χ3v) is 5.60. The van der Waals surface area contributed by atoms with E-state index in [1.54, 1.807) is 4.57 Å². The van der Waals surface area contributed by atoms with Crippen LogP contribution in [-0.4, -0.2) is 47.8 Å². The van der Waals surface area contributed by atoms with Crippen molar-refractivity contribution in [2.75, 3.05) is 31.1 Å². The second kappa shape index (κ2) is 8.73. The van der Waals surface area contributed by atoms with Gasteiger partial charge in [0.05, 0.1) is 17.1 Å². The van der Waals surface area contributed by atoms with Crippen LogP contribution >= 0.6 is 0 Å². The molecule has 1 amide bonds. The first-order valence-electron chi connectivity index (χ1n) is 10.4. The standard InChI is InChI=1S/C21H28N4O3/c26-19(22-15-16-7-6-14-28-16)10-13-25-18-9-3-2-8-17(18)23-20(21(25)27)24-11-4-1-5-12-24/h2-3,8-9,16H,1,4-7,10-15H2,(H,22,26). The summed E-state index contributed by atoms with van der Waals surface area (Å²) in [6.45, 7) is 3.40. The van der Waals surface area contributed by atoms with Crippen molar-refractivity contribution in [3.63, 3.8) is 0 Å². The Morgan fingerprint density at radius 1 is 1.18 bits per heavy atom. The minimum absolute atomic E-state index is 0.0529. The summed E-state index contributed by atoms with van der Waals surface area (Å²) < 4.78 is 7.25. The zero-order valence-corrected chi connectivity index (χ0v) is 16.2. The number of nitrogens with zero attached hydrogens (tertiary/aromatic N) is 3. The van der Waals surface area contributed by atoms with Crippen LogP contribution in [0.25, 0.3) is 11.0 Å². The van der Waals surface area contributed by atoms with Crippen LogP contribution in [0.2, 0.25) is 0 Å². The van der Waals surface area contributed by atoms with Gasteiger partial charge < -0.3 is 19.5 Å². The highest BCUT2D eigenvalue weighted by atomic mass is 16.5. The topological polar surface area (TPSA) is 76.5 Å². The van der Waals surface area contributed by atoms with Gasteiger partial charge in [0.2, 0.25) is 5.91 Å². The first-order chi connectivity index (χ1) is 13.7. The molecule has 150 valence electrons. The number of aryl methyl sites for hydroxylation is 1. The van der Waals surface area contributed by atoms with Crippen molar-refractivity contribution >= 4 is 22.8 Å². The summed E-state index contributed by atoms with van der Waals surface area (Å²) in [5.74, 6) is 0.459. The number of carbonyl (C=O) groups is 1. The highest BCUT2D eigenvalue weighted by molar-refractivity contribution is 5.78. The molecule has 2 aliphatic rings. The number of carbonyl (C=O) groups excluding carboxylic acids is 1. The SMILES string of the molecule is O=C(CCn1c(=O)c(N2CCCCC2)nc2ccccc21)NCC1CCCO1. The second-order valence-electron chi connectivity index (χ2n) is 7.62. The average molecular weight is 384 g/mol. The van der Waals surface area contributed by atoms with Gasteiger partial charge in [-0.05, 0) is 44.2 Å². The second-order valence-corrected chi connectivity index (χ2v) is 7.62. The lowest BCUT2D eigenvalue weighted by Crippen LogP contribution is -2.38. The fraction of sp³-hybridized carbons (Fsp3) is 0.571. The third-order valence-electron chi connectivity index (χ3n) is 5.60. The van der Waals surface area contributed by atoms with Crippen LogP contribution in [0.4, 0.5) is 5.82 Å². The number of rotatable bonds is 6. The van der Waals surface area contributed by atoms with E-state index in [9.17, 15) is 9.59 Å². The number of piperidine rings is 1. The van der Waals surface area contributed by atoms with E-state index < -0.39 is 0 Å². The molecule has 28 heavy (non-hydrogen) atoms. The van der Waals surface area contributed by atoms with Gasteiger partial charge in [0.15, 0.2) is 5.82 Å². The van der Waals surface area contributed by atoms with E-state index in [4.69, 9.17) is 4.74 Å². The number of hydrogen-bond acceptors (Lipinski definition) is 5. The largest absolute Gasteiger partial charge is 0.376 e. The Morgan fingerprint density at radius 2 is 2.00 bits per heavy atom. The summed E-state index contributed by atoms with van der Waals surface area (Å²) in [5, 5.41) is 2.94. The molecule has 2 fully saturated rings. The lowest BCUT2D eigenvalue weighted by atomic mass is 10.1. The molecule has 0 spiro atoms. The molecule has 1 atom stereocenters. The van der Waals surface area contributed by atoms with Gasteiger partial charge in [-0.1, -0.05) is 12.1 Å². The Labute approximate surface area is 164 Å². The Morgan fingerprint density at radius 3 is 2.79 bits per heavy atom. The van der Waals surface area contributed by atoms with Crippen LogP contribution in [0, 0.1) is 0 Å². The van der Waals surface area contributed by atoms with Crippen LogP contribution in [0.1, 0.15) is 38.5 Å². The summed E-state index contributed by atoms with van der Waals surface area (Å²) in [4.78, 5) is 32.2. The molecular formula is C21H28N4O3. The summed E-state index contributed by atoms with van der Waals surface area (Å²) in [5.41, 5.74) is 1.47. The van der Waals surface area contributed by atoms with E-state index in [1.807, 2.05) is 24.3 Å². The molecule has 7 nitrogen and oxygen atoms in total. The molecule has 0 radical (unpaired) electrons. The van der Waals surface area contributed by atoms with Crippen molar-refractivity contribution in [2.24, 2.45) is 0 Å². The van der Waals surface area contributed by atoms with Crippen molar-refractivity contribution in [2.45, 2.75) is 51.2 Å². The summed E-state index contributed by atoms with van der Waals surface area (Å²) in [7, 11) is 0. The molecule has 1 aromatic heterocycles. The van der Waals surface area contributed by atoms with Crippen LogP contribution in [0.15, 0.2) is 29.1 Å². The van der Waals surface area contributed by atoms with Gasteiger partial charge in [0, 0.05) is 39.2 Å². The summed E-state index contributed by atoms with van der Waals surface area (Å²) in [6, 6.07) is 7.65. The predicted octanol–water partition coefficient (Wildman–Crippen LogP) is 2.07. The average Bonchev–Trinajstić information content (AvgIpc) is 3.25. The van der Waals surface area contributed by atoms with Gasteiger partial charge >= 0.3 is 0 Å². The van der Waals surface area contributed by atoms with Crippen molar-refractivity contribution in [3.05, 3.63) is 34.6 Å². The van der Waals surface area contributed by atoms with Gasteiger partial charge in [0.25, 0.3) is 5.56 Å². The molecule has 1 N–H and O–H groups in total. The van der Waals surface area contributed by atoms with Gasteiger partial charge in [-0.3, -0.25) is 9.59 Å². The van der Waals surface area contributed by atoms with Crippen LogP contribution in [-0.2, 0) is 16.1 Å². The van der Waals surface area contributed by atoms with E-state index in [1.165, 1.54) is 6.42 Å². The summed E-state index contributed by atoms with van der Waals surface area (Å²) in [6.07, 6.45) is 5.80. The van der Waals surface area contributed by atoms with Gasteiger partial charge in [-0.25, -0.2) is 4.98 Å². The molecule has 2 aromatic rings. The maximum Gasteiger partial charge on any atom is 0.294 e. The lowest BCUT2D eigenvalue weighted by Gasteiger charge is -2.27. The quantitative estimate of drug-likeness (QED) is 0.825. The van der Waals surface area contributed by atoms with Crippen molar-refractivity contribution < 1.29 is 9.53 Å². The van der Waals surface area contributed by atoms with Crippen LogP contribution in [0.3, 0.4) is 0 Å². The molecule has 2 aliphatic heterocycles. The van der Waals surface area contributed by atoms with E-state index in [0.717, 1.165) is 56.4 Å². The molecule has 2 saturated heterocycles. The first kappa shape index (κ1) is 18.9. The monoisotopic (exact) mass is 384 g/mol. The molecule has 0 saturated carbocycles. The first-order valence-corrected chi connectivity index (χ1v) is 10.4. The Balaban J connectivity index is 1.52. The number of anilines is 1. The normalized spacial score (nSPS) is 19.9. The highest BCUT2D eigenvalue weighted by Crippen LogP contribution is 2.18. The van der Waals surface area contributed by atoms with Crippen molar-refractivity contribution in [1.82, 2.24) is 14.9 Å². The Hall–Kier alpha value is -2.41. The number of para-hydroxylation sites is 2. The molecule has 1 aromatic carbocycles. The number of aromatic nitrogens is 2. The fourth-order valence-corrected chi connectivity index (χ4v) is 4.05. The number of hydrogen-bond donors (Lipinski definition) is 1. The van der Waals surface area contributed by atoms with E-state index in [-0.39, 0.29) is 24.0 Å². The number of fused-ring (bicyclic) bond motifs is 1. The minimum atomic E-state index is -0.104. The highest BCUT2D eigenvalue weighted by Gasteiger charge is 2.20.